The first kappa shape index (κ1) is 21.4. The summed E-state index contributed by atoms with van der Waals surface area (Å²) in [5.74, 6) is -2.93. The Morgan fingerprint density at radius 3 is 2.15 bits per heavy atom. The Morgan fingerprint density at radius 1 is 1.00 bits per heavy atom. The Morgan fingerprint density at radius 2 is 1.65 bits per heavy atom. The largest absolute Gasteiger partial charge is 0.463 e. The number of carbonyl (C=O) groups is 1. The van der Waals surface area contributed by atoms with E-state index in [1.54, 1.807) is 0 Å². The van der Waals surface area contributed by atoms with Crippen LogP contribution in [-0.4, -0.2) is 116 Å². The van der Waals surface area contributed by atoms with Crippen LogP contribution in [0.15, 0.2) is 0 Å². The molecule has 1 unspecified atom stereocenters. The first-order valence-electron chi connectivity index (χ1n) is 7.93. The lowest BCUT2D eigenvalue weighted by molar-refractivity contribution is -0.383. The molecular weight excluding hydrogens is 360 g/mol. The van der Waals surface area contributed by atoms with E-state index >= 15 is 0 Å². The average Bonchev–Trinajstić information content (AvgIpc) is 2.86. The molecule has 12 heteroatoms. The van der Waals surface area contributed by atoms with Gasteiger partial charge < -0.3 is 54.7 Å². The van der Waals surface area contributed by atoms with Gasteiger partial charge in [-0.3, -0.25) is 4.79 Å². The standard InChI is InChI=1S/C14H24O12/c1-5(17)23-3-7-8(18)10(20)11(21)13(24-7)26-14(4-16)12(22)9(19)6(2-15)25-14/h6-13,15-16,18-22H,2-4H2,1H3/t6-,7-,8-,9-,10+,11-,12+,13?,14+/m1/s1. The fourth-order valence-corrected chi connectivity index (χ4v) is 2.82. The molecule has 0 bridgehead atoms. The average molecular weight is 384 g/mol. The van der Waals surface area contributed by atoms with Crippen molar-refractivity contribution in [2.45, 2.75) is 61.7 Å². The van der Waals surface area contributed by atoms with Crippen molar-refractivity contribution >= 4 is 5.97 Å². The molecule has 0 radical (unpaired) electrons. The summed E-state index contributed by atoms with van der Waals surface area (Å²) in [5, 5.41) is 68.6. The third kappa shape index (κ3) is 3.99. The van der Waals surface area contributed by atoms with Crippen LogP contribution in [0.4, 0.5) is 0 Å². The van der Waals surface area contributed by atoms with Gasteiger partial charge >= 0.3 is 5.97 Å². The zero-order valence-corrected chi connectivity index (χ0v) is 13.9. The number of hydrogen-bond donors (Lipinski definition) is 7. The van der Waals surface area contributed by atoms with Crippen LogP contribution < -0.4 is 0 Å². The molecule has 0 aliphatic carbocycles. The number of aliphatic hydroxyl groups is 7. The summed E-state index contributed by atoms with van der Waals surface area (Å²) in [4.78, 5) is 10.9. The van der Waals surface area contributed by atoms with Gasteiger partial charge in [0.15, 0.2) is 6.29 Å². The number of ether oxygens (including phenoxy) is 4. The van der Waals surface area contributed by atoms with Gasteiger partial charge in [0.25, 0.3) is 0 Å². The highest BCUT2D eigenvalue weighted by molar-refractivity contribution is 5.65. The van der Waals surface area contributed by atoms with E-state index < -0.39 is 80.6 Å². The van der Waals surface area contributed by atoms with Crippen molar-refractivity contribution in [3.8, 4) is 0 Å². The highest BCUT2D eigenvalue weighted by atomic mass is 16.8. The highest BCUT2D eigenvalue weighted by Crippen LogP contribution is 2.35. The molecule has 0 aromatic rings. The van der Waals surface area contributed by atoms with Gasteiger partial charge in [-0.25, -0.2) is 0 Å². The first-order chi connectivity index (χ1) is 12.2. The predicted molar refractivity (Wildman–Crippen MR) is 78.2 cm³/mol. The molecule has 2 saturated heterocycles. The number of aliphatic hydroxyl groups excluding tert-OH is 7. The second kappa shape index (κ2) is 8.39. The minimum atomic E-state index is -2.26. The topological polar surface area (TPSA) is 196 Å². The van der Waals surface area contributed by atoms with Crippen molar-refractivity contribution in [2.24, 2.45) is 0 Å². The van der Waals surface area contributed by atoms with E-state index in [1.165, 1.54) is 0 Å². The van der Waals surface area contributed by atoms with Crippen molar-refractivity contribution in [2.75, 3.05) is 19.8 Å². The molecule has 0 amide bonds. The van der Waals surface area contributed by atoms with Crippen molar-refractivity contribution in [3.05, 3.63) is 0 Å². The van der Waals surface area contributed by atoms with Crippen LogP contribution in [0.5, 0.6) is 0 Å². The summed E-state index contributed by atoms with van der Waals surface area (Å²) < 4.78 is 20.4. The van der Waals surface area contributed by atoms with Crippen LogP contribution in [0.1, 0.15) is 6.92 Å². The first-order valence-corrected chi connectivity index (χ1v) is 7.93. The van der Waals surface area contributed by atoms with Crippen molar-refractivity contribution < 1.29 is 59.5 Å². The summed E-state index contributed by atoms with van der Waals surface area (Å²) in [5.41, 5.74) is 0. The van der Waals surface area contributed by atoms with Crippen molar-refractivity contribution in [3.63, 3.8) is 0 Å². The van der Waals surface area contributed by atoms with Crippen LogP contribution in [0.25, 0.3) is 0 Å². The molecule has 0 spiro atoms. The van der Waals surface area contributed by atoms with Gasteiger partial charge in [0.2, 0.25) is 5.79 Å². The molecule has 12 nitrogen and oxygen atoms in total. The lowest BCUT2D eigenvalue weighted by atomic mass is 9.99. The van der Waals surface area contributed by atoms with Crippen molar-refractivity contribution in [1.29, 1.82) is 0 Å². The zero-order valence-electron chi connectivity index (χ0n) is 13.9. The Balaban J connectivity index is 2.16. The highest BCUT2D eigenvalue weighted by Gasteiger charge is 2.58. The Labute approximate surface area is 148 Å². The quantitative estimate of drug-likeness (QED) is 0.216. The Hall–Kier alpha value is -0.930. The van der Waals surface area contributed by atoms with Gasteiger partial charge in [-0.1, -0.05) is 0 Å². The molecule has 2 fully saturated rings. The van der Waals surface area contributed by atoms with Gasteiger partial charge in [0.05, 0.1) is 6.61 Å². The van der Waals surface area contributed by atoms with Crippen molar-refractivity contribution in [1.82, 2.24) is 0 Å². The van der Waals surface area contributed by atoms with Gasteiger partial charge in [0, 0.05) is 6.92 Å². The lowest BCUT2D eigenvalue weighted by Crippen LogP contribution is -2.62. The number of rotatable bonds is 6. The predicted octanol–water partition coefficient (Wildman–Crippen LogP) is -4.82. The second-order valence-electron chi connectivity index (χ2n) is 6.18. The third-order valence-electron chi connectivity index (χ3n) is 4.34. The lowest BCUT2D eigenvalue weighted by Gasteiger charge is -2.43. The van der Waals surface area contributed by atoms with Crippen LogP contribution in [0.3, 0.4) is 0 Å². The molecule has 2 rings (SSSR count). The van der Waals surface area contributed by atoms with Crippen LogP contribution in [0.2, 0.25) is 0 Å². The Bertz CT molecular complexity index is 489. The summed E-state index contributed by atoms with van der Waals surface area (Å²) in [6, 6.07) is 0. The molecule has 7 N–H and O–H groups in total. The van der Waals surface area contributed by atoms with Gasteiger partial charge in [-0.05, 0) is 0 Å². The summed E-state index contributed by atoms with van der Waals surface area (Å²) >= 11 is 0. The zero-order chi connectivity index (χ0) is 19.6. The maximum absolute atomic E-state index is 10.9. The molecule has 0 aromatic carbocycles. The summed E-state index contributed by atoms with van der Waals surface area (Å²) in [7, 11) is 0. The van der Waals surface area contributed by atoms with Gasteiger partial charge in [-0.15, -0.1) is 0 Å². The van der Waals surface area contributed by atoms with Crippen LogP contribution in [0, 0.1) is 0 Å². The summed E-state index contributed by atoms with van der Waals surface area (Å²) in [6.45, 7) is -1.01. The monoisotopic (exact) mass is 384 g/mol. The van der Waals surface area contributed by atoms with E-state index in [0.717, 1.165) is 6.92 Å². The maximum atomic E-state index is 10.9. The molecule has 152 valence electrons. The van der Waals surface area contributed by atoms with Gasteiger partial charge in [-0.2, -0.15) is 0 Å². The molecule has 2 aliphatic heterocycles. The second-order valence-corrected chi connectivity index (χ2v) is 6.18. The molecule has 9 atom stereocenters. The minimum Gasteiger partial charge on any atom is -0.463 e. The molecular formula is C14H24O12. The minimum absolute atomic E-state index is 0.461. The molecule has 26 heavy (non-hydrogen) atoms. The molecule has 2 aliphatic rings. The maximum Gasteiger partial charge on any atom is 0.302 e. The molecule has 0 saturated carbocycles. The number of hydrogen-bond acceptors (Lipinski definition) is 12. The fraction of sp³-hybridized carbons (Fsp3) is 0.929. The Kier molecular flexibility index (Phi) is 6.90. The molecule has 0 aromatic heterocycles. The third-order valence-corrected chi connectivity index (χ3v) is 4.34. The van der Waals surface area contributed by atoms with E-state index in [2.05, 4.69) is 0 Å². The normalized spacial score (nSPS) is 46.3. The van der Waals surface area contributed by atoms with Crippen LogP contribution >= 0.6 is 0 Å². The SMILES string of the molecule is CC(=O)OC[C@H]1OC(O[C@]2(CO)O[C@H](CO)[C@@H](O)[C@@H]2O)[C@H](O)[C@@H](O)[C@@H]1O. The smallest absolute Gasteiger partial charge is 0.302 e. The van der Waals surface area contributed by atoms with E-state index in [4.69, 9.17) is 24.1 Å². The number of carbonyl (C=O) groups excluding carboxylic acids is 1. The number of esters is 1. The van der Waals surface area contributed by atoms with E-state index in [9.17, 15) is 35.4 Å². The van der Waals surface area contributed by atoms with E-state index in [0.29, 0.717) is 0 Å². The van der Waals surface area contributed by atoms with Gasteiger partial charge in [0.1, 0.15) is 55.9 Å². The molecule has 2 heterocycles. The fourth-order valence-electron chi connectivity index (χ4n) is 2.82. The van der Waals surface area contributed by atoms with Crippen LogP contribution in [-0.2, 0) is 23.7 Å². The van der Waals surface area contributed by atoms with E-state index in [1.807, 2.05) is 0 Å². The van der Waals surface area contributed by atoms with E-state index in [-0.39, 0.29) is 0 Å². The summed E-state index contributed by atoms with van der Waals surface area (Å²) in [6.07, 6.45) is -12.9.